The van der Waals surface area contributed by atoms with E-state index >= 15 is 0 Å². The van der Waals surface area contributed by atoms with Gasteiger partial charge in [0, 0.05) is 6.42 Å². The molecule has 2 rings (SSSR count). The number of hydrogen-bond donors (Lipinski definition) is 0. The Morgan fingerprint density at radius 2 is 1.84 bits per heavy atom. The minimum absolute atomic E-state index is 0.537. The number of allylic oxidation sites excluding steroid dienone is 2. The molecule has 0 bridgehead atoms. The molecule has 2 heteroatoms. The van der Waals surface area contributed by atoms with Gasteiger partial charge in [-0.1, -0.05) is 24.3 Å². The summed E-state index contributed by atoms with van der Waals surface area (Å²) < 4.78 is 0. The lowest BCUT2D eigenvalue weighted by molar-refractivity contribution is -0.107. The summed E-state index contributed by atoms with van der Waals surface area (Å²) in [5.74, 6) is 1.26. The van der Waals surface area contributed by atoms with Gasteiger partial charge in [-0.05, 0) is 55.2 Å². The van der Waals surface area contributed by atoms with Crippen molar-refractivity contribution >= 4 is 6.29 Å². The number of rotatable bonds is 4. The van der Waals surface area contributed by atoms with Gasteiger partial charge in [0.2, 0.25) is 0 Å². The van der Waals surface area contributed by atoms with Crippen molar-refractivity contribution < 1.29 is 4.79 Å². The lowest BCUT2D eigenvalue weighted by Gasteiger charge is -2.27. The third kappa shape index (κ3) is 3.79. The summed E-state index contributed by atoms with van der Waals surface area (Å²) in [5.41, 5.74) is 2.09. The van der Waals surface area contributed by atoms with Gasteiger partial charge in [0.15, 0.2) is 0 Å². The first-order valence-corrected chi connectivity index (χ1v) is 6.94. The van der Waals surface area contributed by atoms with Gasteiger partial charge in [-0.15, -0.1) is 0 Å². The van der Waals surface area contributed by atoms with Gasteiger partial charge in [-0.2, -0.15) is 5.26 Å². The second-order valence-electron chi connectivity index (χ2n) is 5.18. The van der Waals surface area contributed by atoms with Crippen LogP contribution in [0.3, 0.4) is 0 Å². The zero-order valence-electron chi connectivity index (χ0n) is 11.1. The molecular formula is C17H19NO. The van der Waals surface area contributed by atoms with Crippen molar-refractivity contribution in [2.45, 2.75) is 38.0 Å². The molecule has 0 atom stereocenters. The van der Waals surface area contributed by atoms with Crippen LogP contribution in [-0.4, -0.2) is 6.29 Å². The molecule has 2 nitrogen and oxygen atoms in total. The highest BCUT2D eigenvalue weighted by atomic mass is 16.1. The number of nitrogens with zero attached hydrogens (tertiary/aromatic N) is 1. The van der Waals surface area contributed by atoms with Crippen LogP contribution in [-0.2, 0) is 4.79 Å². The lowest BCUT2D eigenvalue weighted by Crippen LogP contribution is -2.11. The summed E-state index contributed by atoms with van der Waals surface area (Å²) in [5, 5.41) is 8.79. The highest BCUT2D eigenvalue weighted by Gasteiger charge is 2.20. The van der Waals surface area contributed by atoms with Gasteiger partial charge in [-0.3, -0.25) is 0 Å². The molecule has 0 amide bonds. The van der Waals surface area contributed by atoms with Crippen molar-refractivity contribution in [2.24, 2.45) is 5.92 Å². The van der Waals surface area contributed by atoms with Crippen LogP contribution in [0.1, 0.15) is 49.1 Å². The van der Waals surface area contributed by atoms with Crippen LogP contribution in [0.2, 0.25) is 0 Å². The van der Waals surface area contributed by atoms with Crippen molar-refractivity contribution in [2.75, 3.05) is 0 Å². The van der Waals surface area contributed by atoms with Gasteiger partial charge in [0.05, 0.1) is 11.6 Å². The monoisotopic (exact) mass is 253 g/mol. The van der Waals surface area contributed by atoms with E-state index in [9.17, 15) is 4.79 Å². The molecule has 1 fully saturated rings. The summed E-state index contributed by atoms with van der Waals surface area (Å²) in [6.07, 6.45) is 10.4. The van der Waals surface area contributed by atoms with Crippen molar-refractivity contribution in [3.05, 3.63) is 47.5 Å². The first kappa shape index (κ1) is 13.5. The van der Waals surface area contributed by atoms with E-state index in [2.05, 4.69) is 24.3 Å². The van der Waals surface area contributed by atoms with Gasteiger partial charge < -0.3 is 4.79 Å². The Bertz CT molecular complexity index is 473. The van der Waals surface area contributed by atoms with E-state index < -0.39 is 0 Å². The van der Waals surface area contributed by atoms with Crippen molar-refractivity contribution in [1.29, 1.82) is 5.26 Å². The average molecular weight is 253 g/mol. The smallest absolute Gasteiger partial charge is 0.123 e. The molecule has 1 aliphatic rings. The summed E-state index contributed by atoms with van der Waals surface area (Å²) in [4.78, 5) is 10.3. The summed E-state index contributed by atoms with van der Waals surface area (Å²) in [7, 11) is 0. The highest BCUT2D eigenvalue weighted by Crippen LogP contribution is 2.36. The summed E-state index contributed by atoms with van der Waals surface area (Å²) in [6.45, 7) is 0. The van der Waals surface area contributed by atoms with E-state index in [1.807, 2.05) is 18.2 Å². The van der Waals surface area contributed by atoms with E-state index in [1.54, 1.807) is 0 Å². The van der Waals surface area contributed by atoms with Crippen molar-refractivity contribution in [1.82, 2.24) is 0 Å². The number of carbonyl (C=O) groups is 1. The molecule has 1 aromatic rings. The third-order valence-electron chi connectivity index (χ3n) is 3.92. The number of benzene rings is 1. The van der Waals surface area contributed by atoms with Crippen LogP contribution in [0.15, 0.2) is 36.4 Å². The minimum atomic E-state index is 0.537. The van der Waals surface area contributed by atoms with Crippen LogP contribution < -0.4 is 0 Å². The molecule has 19 heavy (non-hydrogen) atoms. The van der Waals surface area contributed by atoms with E-state index in [1.165, 1.54) is 31.2 Å². The predicted molar refractivity (Wildman–Crippen MR) is 75.7 cm³/mol. The molecule has 1 aliphatic carbocycles. The van der Waals surface area contributed by atoms with Gasteiger partial charge in [0.25, 0.3) is 0 Å². The quantitative estimate of drug-likeness (QED) is 0.601. The van der Waals surface area contributed by atoms with E-state index in [-0.39, 0.29) is 0 Å². The van der Waals surface area contributed by atoms with Crippen LogP contribution in [0.4, 0.5) is 0 Å². The molecule has 0 aliphatic heterocycles. The Morgan fingerprint density at radius 3 is 2.42 bits per heavy atom. The SMILES string of the molecule is N#Cc1ccc(C2CCC(/C=C/CC=O)CC2)cc1. The molecule has 1 saturated carbocycles. The minimum Gasteiger partial charge on any atom is -0.303 e. The molecule has 0 saturated heterocycles. The Balaban J connectivity index is 1.88. The van der Waals surface area contributed by atoms with Crippen LogP contribution in [0.5, 0.6) is 0 Å². The second-order valence-corrected chi connectivity index (χ2v) is 5.18. The van der Waals surface area contributed by atoms with Crippen molar-refractivity contribution in [3.63, 3.8) is 0 Å². The Kier molecular flexibility index (Phi) is 4.92. The number of nitriles is 1. The standard InChI is InChI=1S/C17H19NO/c18-13-15-6-10-17(11-7-15)16-8-4-14(5-9-16)3-1-2-12-19/h1,3,6-7,10-12,14,16H,2,4-5,8-9H2/b3-1+. The maximum Gasteiger partial charge on any atom is 0.123 e. The van der Waals surface area contributed by atoms with Gasteiger partial charge >= 0.3 is 0 Å². The van der Waals surface area contributed by atoms with Crippen LogP contribution >= 0.6 is 0 Å². The Morgan fingerprint density at radius 1 is 1.16 bits per heavy atom. The van der Waals surface area contributed by atoms with Gasteiger partial charge in [0.1, 0.15) is 6.29 Å². The van der Waals surface area contributed by atoms with E-state index in [0.29, 0.717) is 18.3 Å². The molecule has 1 aromatic carbocycles. The fourth-order valence-corrected chi connectivity index (χ4v) is 2.80. The van der Waals surface area contributed by atoms with Crippen molar-refractivity contribution in [3.8, 4) is 6.07 Å². The molecule has 0 N–H and O–H groups in total. The van der Waals surface area contributed by atoms with Crippen LogP contribution in [0.25, 0.3) is 0 Å². The maximum atomic E-state index is 10.3. The lowest BCUT2D eigenvalue weighted by atomic mass is 9.78. The number of carbonyl (C=O) groups excluding carboxylic acids is 1. The van der Waals surface area contributed by atoms with E-state index in [4.69, 9.17) is 5.26 Å². The molecule has 98 valence electrons. The number of aldehydes is 1. The average Bonchev–Trinajstić information content (AvgIpc) is 2.48. The molecular weight excluding hydrogens is 234 g/mol. The fourth-order valence-electron chi connectivity index (χ4n) is 2.80. The van der Waals surface area contributed by atoms with E-state index in [0.717, 1.165) is 11.8 Å². The zero-order valence-corrected chi connectivity index (χ0v) is 11.1. The Hall–Kier alpha value is -1.88. The first-order chi connectivity index (χ1) is 9.33. The van der Waals surface area contributed by atoms with Gasteiger partial charge in [-0.25, -0.2) is 0 Å². The molecule has 0 aromatic heterocycles. The zero-order chi connectivity index (χ0) is 13.5. The first-order valence-electron chi connectivity index (χ1n) is 6.94. The predicted octanol–water partition coefficient (Wildman–Crippen LogP) is 3.98. The second kappa shape index (κ2) is 6.89. The Labute approximate surface area is 114 Å². The molecule has 0 spiro atoms. The molecule has 0 heterocycles. The normalized spacial score (nSPS) is 23.1. The summed E-state index contributed by atoms with van der Waals surface area (Å²) >= 11 is 0. The van der Waals surface area contributed by atoms with Crippen LogP contribution in [0, 0.1) is 17.2 Å². The molecule has 0 unspecified atom stereocenters. The third-order valence-corrected chi connectivity index (χ3v) is 3.92. The maximum absolute atomic E-state index is 10.3. The summed E-state index contributed by atoms with van der Waals surface area (Å²) in [6, 6.07) is 10.1. The molecule has 0 radical (unpaired) electrons. The largest absolute Gasteiger partial charge is 0.303 e. The fraction of sp³-hybridized carbons (Fsp3) is 0.412. The number of hydrogen-bond acceptors (Lipinski definition) is 2. The highest BCUT2D eigenvalue weighted by molar-refractivity contribution is 5.51. The topological polar surface area (TPSA) is 40.9 Å².